The number of rotatable bonds is 4. The Balaban J connectivity index is 1.80. The number of nitrogens with zero attached hydrogens (tertiary/aromatic N) is 1. The van der Waals surface area contributed by atoms with Crippen LogP contribution in [0.1, 0.15) is 48.0 Å². The van der Waals surface area contributed by atoms with Crippen LogP contribution in [0, 0.1) is 0 Å². The first-order valence-corrected chi connectivity index (χ1v) is 11.1. The van der Waals surface area contributed by atoms with E-state index in [1.807, 2.05) is 18.2 Å². The molecule has 3 rings (SSSR count). The SMILES string of the molecule is CC(C)(C)c1cc(C(=O)N2CCNC(=O)CC2)c(NC(=O)Nc2ccc(CN)cc2)s1. The summed E-state index contributed by atoms with van der Waals surface area (Å²) in [5, 5.41) is 8.90. The summed E-state index contributed by atoms with van der Waals surface area (Å²) in [7, 11) is 0. The monoisotopic (exact) mass is 443 g/mol. The van der Waals surface area contributed by atoms with Crippen molar-refractivity contribution in [1.29, 1.82) is 0 Å². The molecule has 0 unspecified atom stereocenters. The lowest BCUT2D eigenvalue weighted by atomic mass is 9.94. The van der Waals surface area contributed by atoms with Crippen molar-refractivity contribution < 1.29 is 14.4 Å². The molecule has 8 nitrogen and oxygen atoms in total. The van der Waals surface area contributed by atoms with Gasteiger partial charge in [0.05, 0.1) is 5.56 Å². The number of nitrogens with one attached hydrogen (secondary N) is 3. The number of anilines is 2. The highest BCUT2D eigenvalue weighted by Gasteiger charge is 2.27. The fourth-order valence-corrected chi connectivity index (χ4v) is 4.25. The summed E-state index contributed by atoms with van der Waals surface area (Å²) >= 11 is 1.39. The molecular formula is C22H29N5O3S. The van der Waals surface area contributed by atoms with Gasteiger partial charge in [-0.25, -0.2) is 4.79 Å². The zero-order valence-electron chi connectivity index (χ0n) is 18.1. The third kappa shape index (κ3) is 5.83. The summed E-state index contributed by atoms with van der Waals surface area (Å²) in [5.41, 5.74) is 7.48. The largest absolute Gasteiger partial charge is 0.354 e. The Kier molecular flexibility index (Phi) is 6.97. The average molecular weight is 444 g/mol. The summed E-state index contributed by atoms with van der Waals surface area (Å²) < 4.78 is 0. The van der Waals surface area contributed by atoms with Crippen LogP contribution in [0.25, 0.3) is 0 Å². The molecule has 2 aromatic rings. The number of hydrogen-bond acceptors (Lipinski definition) is 5. The molecule has 9 heteroatoms. The normalized spacial score (nSPS) is 14.6. The average Bonchev–Trinajstić information content (AvgIpc) is 3.02. The summed E-state index contributed by atoms with van der Waals surface area (Å²) in [5.74, 6) is -0.250. The van der Waals surface area contributed by atoms with Gasteiger partial charge >= 0.3 is 6.03 Å². The first-order valence-electron chi connectivity index (χ1n) is 10.2. The fraction of sp³-hybridized carbons (Fsp3) is 0.409. The van der Waals surface area contributed by atoms with Gasteiger partial charge < -0.3 is 21.3 Å². The van der Waals surface area contributed by atoms with Gasteiger partial charge in [-0.3, -0.25) is 14.9 Å². The quantitative estimate of drug-likeness (QED) is 0.581. The third-order valence-corrected chi connectivity index (χ3v) is 6.45. The van der Waals surface area contributed by atoms with Gasteiger partial charge in [-0.2, -0.15) is 0 Å². The highest BCUT2D eigenvalue weighted by atomic mass is 32.1. The van der Waals surface area contributed by atoms with Gasteiger partial charge in [0, 0.05) is 43.2 Å². The molecule has 0 saturated carbocycles. The summed E-state index contributed by atoms with van der Waals surface area (Å²) in [6, 6.07) is 8.68. The van der Waals surface area contributed by atoms with Gasteiger partial charge in [-0.05, 0) is 29.2 Å². The zero-order valence-corrected chi connectivity index (χ0v) is 18.9. The van der Waals surface area contributed by atoms with Crippen molar-refractivity contribution in [1.82, 2.24) is 10.2 Å². The molecule has 1 aromatic carbocycles. The minimum absolute atomic E-state index is 0.0608. The van der Waals surface area contributed by atoms with Gasteiger partial charge in [0.25, 0.3) is 5.91 Å². The maximum Gasteiger partial charge on any atom is 0.324 e. The van der Waals surface area contributed by atoms with Gasteiger partial charge in [-0.1, -0.05) is 32.9 Å². The number of urea groups is 1. The van der Waals surface area contributed by atoms with E-state index >= 15 is 0 Å². The van der Waals surface area contributed by atoms with Crippen LogP contribution < -0.4 is 21.7 Å². The Labute approximate surface area is 186 Å². The van der Waals surface area contributed by atoms with Crippen LogP contribution in [0.3, 0.4) is 0 Å². The molecular weight excluding hydrogens is 414 g/mol. The smallest absolute Gasteiger partial charge is 0.324 e. The maximum absolute atomic E-state index is 13.2. The highest BCUT2D eigenvalue weighted by Crippen LogP contribution is 2.36. The van der Waals surface area contributed by atoms with E-state index in [2.05, 4.69) is 36.7 Å². The van der Waals surface area contributed by atoms with Gasteiger partial charge in [0.15, 0.2) is 0 Å². The first kappa shape index (κ1) is 22.8. The molecule has 0 spiro atoms. The Hall–Kier alpha value is -2.91. The molecule has 0 bridgehead atoms. The number of carbonyl (C=O) groups is 3. The molecule has 0 radical (unpaired) electrons. The molecule has 0 aliphatic carbocycles. The first-order chi connectivity index (χ1) is 14.7. The Morgan fingerprint density at radius 3 is 2.52 bits per heavy atom. The van der Waals surface area contributed by atoms with E-state index in [9.17, 15) is 14.4 Å². The predicted octanol–water partition coefficient (Wildman–Crippen LogP) is 3.11. The number of carbonyl (C=O) groups excluding carboxylic acids is 3. The van der Waals surface area contributed by atoms with E-state index in [1.165, 1.54) is 11.3 Å². The molecule has 1 aliphatic heterocycles. The minimum atomic E-state index is -0.426. The van der Waals surface area contributed by atoms with E-state index in [4.69, 9.17) is 5.73 Å². The van der Waals surface area contributed by atoms with Crippen molar-refractivity contribution in [2.45, 2.75) is 39.2 Å². The van der Waals surface area contributed by atoms with Crippen molar-refractivity contribution in [2.75, 3.05) is 30.3 Å². The fourth-order valence-electron chi connectivity index (χ4n) is 3.14. The molecule has 1 aromatic heterocycles. The second kappa shape index (κ2) is 9.49. The molecule has 1 saturated heterocycles. The standard InChI is InChI=1S/C22H29N5O3S/c1-22(2,3)17-12-16(20(29)27-10-8-18(28)24-9-11-27)19(31-17)26-21(30)25-15-6-4-14(13-23)5-7-15/h4-7,12H,8-11,13,23H2,1-3H3,(H,24,28)(H2,25,26,30). The number of amides is 4. The van der Waals surface area contributed by atoms with Crippen molar-refractivity contribution in [3.05, 3.63) is 46.3 Å². The van der Waals surface area contributed by atoms with Crippen LogP contribution >= 0.6 is 11.3 Å². The van der Waals surface area contributed by atoms with Gasteiger partial charge in [0.1, 0.15) is 5.00 Å². The number of nitrogens with two attached hydrogens (primary N) is 1. The molecule has 2 heterocycles. The lowest BCUT2D eigenvalue weighted by Crippen LogP contribution is -2.34. The van der Waals surface area contributed by atoms with Crippen LogP contribution in [0.4, 0.5) is 15.5 Å². The Morgan fingerprint density at radius 2 is 1.87 bits per heavy atom. The van der Waals surface area contributed by atoms with E-state index in [-0.39, 0.29) is 23.7 Å². The second-order valence-electron chi connectivity index (χ2n) is 8.48. The number of benzene rings is 1. The highest BCUT2D eigenvalue weighted by molar-refractivity contribution is 7.16. The molecule has 0 atom stereocenters. The molecule has 166 valence electrons. The summed E-state index contributed by atoms with van der Waals surface area (Å²) in [6.07, 6.45) is 0.268. The number of hydrogen-bond donors (Lipinski definition) is 4. The van der Waals surface area contributed by atoms with E-state index < -0.39 is 6.03 Å². The topological polar surface area (TPSA) is 117 Å². The van der Waals surface area contributed by atoms with Crippen molar-refractivity contribution in [3.8, 4) is 0 Å². The van der Waals surface area contributed by atoms with Gasteiger partial charge in [0.2, 0.25) is 5.91 Å². The summed E-state index contributed by atoms with van der Waals surface area (Å²) in [6.45, 7) is 7.82. The minimum Gasteiger partial charge on any atom is -0.354 e. The van der Waals surface area contributed by atoms with Crippen molar-refractivity contribution in [2.24, 2.45) is 5.73 Å². The molecule has 1 aliphatic rings. The van der Waals surface area contributed by atoms with Crippen LogP contribution in [-0.2, 0) is 16.8 Å². The second-order valence-corrected chi connectivity index (χ2v) is 9.53. The van der Waals surface area contributed by atoms with E-state index in [1.54, 1.807) is 17.0 Å². The maximum atomic E-state index is 13.2. The molecule has 1 fully saturated rings. The zero-order chi connectivity index (χ0) is 22.6. The lowest BCUT2D eigenvalue weighted by Gasteiger charge is -2.20. The van der Waals surface area contributed by atoms with Gasteiger partial charge in [-0.15, -0.1) is 11.3 Å². The van der Waals surface area contributed by atoms with Crippen LogP contribution in [-0.4, -0.2) is 42.4 Å². The third-order valence-electron chi connectivity index (χ3n) is 4.98. The summed E-state index contributed by atoms with van der Waals surface area (Å²) in [4.78, 5) is 40.1. The van der Waals surface area contributed by atoms with E-state index in [0.717, 1.165) is 10.4 Å². The molecule has 5 N–H and O–H groups in total. The Bertz CT molecular complexity index is 963. The van der Waals surface area contributed by atoms with Crippen molar-refractivity contribution in [3.63, 3.8) is 0 Å². The molecule has 31 heavy (non-hydrogen) atoms. The van der Waals surface area contributed by atoms with Crippen molar-refractivity contribution >= 4 is 39.9 Å². The van der Waals surface area contributed by atoms with E-state index in [0.29, 0.717) is 42.4 Å². The number of thiophene rings is 1. The lowest BCUT2D eigenvalue weighted by molar-refractivity contribution is -0.120. The van der Waals surface area contributed by atoms with Crippen LogP contribution in [0.2, 0.25) is 0 Å². The van der Waals surface area contributed by atoms with Crippen LogP contribution in [0.5, 0.6) is 0 Å². The van der Waals surface area contributed by atoms with Crippen LogP contribution in [0.15, 0.2) is 30.3 Å². The predicted molar refractivity (Wildman–Crippen MR) is 124 cm³/mol. The Morgan fingerprint density at radius 1 is 1.16 bits per heavy atom. The molecule has 4 amide bonds.